The van der Waals surface area contributed by atoms with E-state index < -0.39 is 0 Å². The number of carbonyl (C=O) groups is 1. The van der Waals surface area contributed by atoms with Crippen molar-refractivity contribution in [2.45, 2.75) is 44.6 Å². The van der Waals surface area contributed by atoms with Crippen molar-refractivity contribution in [2.75, 3.05) is 13.1 Å². The molecule has 3 heteroatoms. The Morgan fingerprint density at radius 2 is 2.00 bits per heavy atom. The van der Waals surface area contributed by atoms with Gasteiger partial charge >= 0.3 is 0 Å². The van der Waals surface area contributed by atoms with Crippen LogP contribution >= 0.6 is 0 Å². The van der Waals surface area contributed by atoms with Gasteiger partial charge in [0.05, 0.1) is 0 Å². The molecule has 0 heterocycles. The van der Waals surface area contributed by atoms with Gasteiger partial charge in [0.25, 0.3) is 0 Å². The maximum absolute atomic E-state index is 12.5. The van der Waals surface area contributed by atoms with Crippen molar-refractivity contribution in [1.29, 1.82) is 0 Å². The molecule has 0 aliphatic heterocycles. The predicted molar refractivity (Wildman–Crippen MR) is 62.7 cm³/mol. The molecule has 0 spiro atoms. The number of amides is 1. The highest BCUT2D eigenvalue weighted by atomic mass is 16.2. The fourth-order valence-corrected chi connectivity index (χ4v) is 3.76. The minimum Gasteiger partial charge on any atom is -0.338 e. The average molecular weight is 222 g/mol. The van der Waals surface area contributed by atoms with Crippen LogP contribution in [0.2, 0.25) is 0 Å². The first-order chi connectivity index (χ1) is 7.79. The van der Waals surface area contributed by atoms with E-state index in [-0.39, 0.29) is 0 Å². The summed E-state index contributed by atoms with van der Waals surface area (Å²) < 4.78 is 0. The highest BCUT2D eigenvalue weighted by molar-refractivity contribution is 5.80. The zero-order valence-corrected chi connectivity index (χ0v) is 9.90. The third-order valence-corrected chi connectivity index (χ3v) is 4.70. The summed E-state index contributed by atoms with van der Waals surface area (Å²) in [5, 5.41) is 0. The summed E-state index contributed by atoms with van der Waals surface area (Å²) in [5.74, 6) is 2.35. The normalized spacial score (nSPS) is 36.7. The molecule has 0 radical (unpaired) electrons. The van der Waals surface area contributed by atoms with E-state index in [1.54, 1.807) is 0 Å². The lowest BCUT2D eigenvalue weighted by molar-refractivity contribution is -0.137. The lowest BCUT2D eigenvalue weighted by atomic mass is 9.87. The Morgan fingerprint density at radius 3 is 2.50 bits per heavy atom. The van der Waals surface area contributed by atoms with Gasteiger partial charge in [-0.05, 0) is 43.9 Å². The van der Waals surface area contributed by atoms with E-state index in [1.165, 1.54) is 32.1 Å². The van der Waals surface area contributed by atoms with Gasteiger partial charge in [-0.2, -0.15) is 0 Å². The number of hydrogen-bond acceptors (Lipinski definition) is 2. The van der Waals surface area contributed by atoms with Crippen LogP contribution < -0.4 is 5.73 Å². The van der Waals surface area contributed by atoms with Gasteiger partial charge in [0.2, 0.25) is 5.91 Å². The molecule has 16 heavy (non-hydrogen) atoms. The van der Waals surface area contributed by atoms with Crippen LogP contribution in [0, 0.1) is 17.8 Å². The summed E-state index contributed by atoms with van der Waals surface area (Å²) in [6.45, 7) is 1.39. The number of carbonyl (C=O) groups excluding carboxylic acids is 1. The Balaban J connectivity index is 1.66. The zero-order chi connectivity index (χ0) is 11.1. The first-order valence-corrected chi connectivity index (χ1v) is 6.80. The van der Waals surface area contributed by atoms with E-state index in [2.05, 4.69) is 4.90 Å². The lowest BCUT2D eigenvalue weighted by Gasteiger charge is -2.29. The van der Waals surface area contributed by atoms with Gasteiger partial charge in [0.1, 0.15) is 0 Å². The summed E-state index contributed by atoms with van der Waals surface area (Å²) >= 11 is 0. The topological polar surface area (TPSA) is 46.3 Å². The summed E-state index contributed by atoms with van der Waals surface area (Å²) in [6, 6.07) is 0.537. The van der Waals surface area contributed by atoms with Crippen LogP contribution in [0.15, 0.2) is 0 Å². The SMILES string of the molecule is NCCN(C(=O)C1CC2CCC1C2)C1CC1. The van der Waals surface area contributed by atoms with Gasteiger partial charge in [-0.15, -0.1) is 0 Å². The third kappa shape index (κ3) is 1.75. The zero-order valence-electron chi connectivity index (χ0n) is 9.90. The van der Waals surface area contributed by atoms with Crippen molar-refractivity contribution >= 4 is 5.91 Å². The van der Waals surface area contributed by atoms with Gasteiger partial charge < -0.3 is 10.6 Å². The van der Waals surface area contributed by atoms with Gasteiger partial charge in [-0.3, -0.25) is 4.79 Å². The maximum Gasteiger partial charge on any atom is 0.226 e. The van der Waals surface area contributed by atoms with Crippen LogP contribution in [0.1, 0.15) is 38.5 Å². The minimum atomic E-state index is 0.353. The van der Waals surface area contributed by atoms with Gasteiger partial charge in [-0.25, -0.2) is 0 Å². The molecule has 90 valence electrons. The van der Waals surface area contributed by atoms with Gasteiger partial charge in [0.15, 0.2) is 0 Å². The molecule has 3 atom stereocenters. The molecular formula is C13H22N2O. The van der Waals surface area contributed by atoms with Crippen molar-refractivity contribution in [3.8, 4) is 0 Å². The number of hydrogen-bond donors (Lipinski definition) is 1. The molecule has 3 nitrogen and oxygen atoms in total. The van der Waals surface area contributed by atoms with Crippen LogP contribution in [0.25, 0.3) is 0 Å². The molecule has 2 bridgehead atoms. The van der Waals surface area contributed by atoms with E-state index in [4.69, 9.17) is 5.73 Å². The average Bonchev–Trinajstić information content (AvgIpc) is 2.91. The molecule has 2 N–H and O–H groups in total. The minimum absolute atomic E-state index is 0.353. The first-order valence-electron chi connectivity index (χ1n) is 6.80. The molecule has 3 aliphatic carbocycles. The molecule has 3 unspecified atom stereocenters. The van der Waals surface area contributed by atoms with Crippen LogP contribution in [0.5, 0.6) is 0 Å². The highest BCUT2D eigenvalue weighted by Crippen LogP contribution is 2.49. The lowest BCUT2D eigenvalue weighted by Crippen LogP contribution is -2.42. The number of nitrogens with two attached hydrogens (primary N) is 1. The van der Waals surface area contributed by atoms with Gasteiger partial charge in [0, 0.05) is 25.0 Å². The monoisotopic (exact) mass is 222 g/mol. The summed E-state index contributed by atoms with van der Waals surface area (Å²) in [5.41, 5.74) is 5.61. The smallest absolute Gasteiger partial charge is 0.226 e. The highest BCUT2D eigenvalue weighted by Gasteiger charge is 2.46. The summed E-state index contributed by atoms with van der Waals surface area (Å²) in [4.78, 5) is 14.6. The molecule has 3 aliphatic rings. The molecule has 1 amide bonds. The van der Waals surface area contributed by atoms with Gasteiger partial charge in [-0.1, -0.05) is 6.42 Å². The maximum atomic E-state index is 12.5. The van der Waals surface area contributed by atoms with E-state index in [0.717, 1.165) is 18.9 Å². The molecule has 0 aromatic rings. The van der Waals surface area contributed by atoms with E-state index in [1.807, 2.05) is 0 Å². The molecule has 3 fully saturated rings. The summed E-state index contributed by atoms with van der Waals surface area (Å²) in [7, 11) is 0. The molecular weight excluding hydrogens is 200 g/mol. The van der Waals surface area contributed by atoms with Crippen molar-refractivity contribution < 1.29 is 4.79 Å². The Labute approximate surface area is 97.4 Å². The number of nitrogens with zero attached hydrogens (tertiary/aromatic N) is 1. The number of rotatable bonds is 4. The predicted octanol–water partition coefficient (Wildman–Crippen LogP) is 1.37. The van der Waals surface area contributed by atoms with Crippen molar-refractivity contribution in [1.82, 2.24) is 4.90 Å². The van der Waals surface area contributed by atoms with E-state index >= 15 is 0 Å². The molecule has 3 saturated carbocycles. The molecule has 0 saturated heterocycles. The van der Waals surface area contributed by atoms with Crippen LogP contribution in [-0.4, -0.2) is 29.9 Å². The Hall–Kier alpha value is -0.570. The van der Waals surface area contributed by atoms with E-state index in [0.29, 0.717) is 30.3 Å². The Morgan fingerprint density at radius 1 is 1.19 bits per heavy atom. The van der Waals surface area contributed by atoms with Crippen LogP contribution in [0.3, 0.4) is 0 Å². The number of fused-ring (bicyclic) bond motifs is 2. The summed E-state index contributed by atoms with van der Waals surface area (Å²) in [6.07, 6.45) is 7.55. The van der Waals surface area contributed by atoms with E-state index in [9.17, 15) is 4.79 Å². The van der Waals surface area contributed by atoms with Crippen molar-refractivity contribution in [2.24, 2.45) is 23.5 Å². The van der Waals surface area contributed by atoms with Crippen molar-refractivity contribution in [3.05, 3.63) is 0 Å². The third-order valence-electron chi connectivity index (χ3n) is 4.70. The second-order valence-electron chi connectivity index (χ2n) is 5.83. The quantitative estimate of drug-likeness (QED) is 0.781. The second kappa shape index (κ2) is 4.02. The van der Waals surface area contributed by atoms with Crippen molar-refractivity contribution in [3.63, 3.8) is 0 Å². The van der Waals surface area contributed by atoms with Crippen LogP contribution in [-0.2, 0) is 4.79 Å². The van der Waals surface area contributed by atoms with Crippen LogP contribution in [0.4, 0.5) is 0 Å². The Bertz CT molecular complexity index is 284. The molecule has 0 aromatic heterocycles. The fourth-order valence-electron chi connectivity index (χ4n) is 3.76. The second-order valence-corrected chi connectivity index (χ2v) is 5.83. The first kappa shape index (κ1) is 10.6. The molecule has 0 aromatic carbocycles. The molecule has 3 rings (SSSR count). The fraction of sp³-hybridized carbons (Fsp3) is 0.923. The Kier molecular flexibility index (Phi) is 2.66. The largest absolute Gasteiger partial charge is 0.338 e. The standard InChI is InChI=1S/C13H22N2O/c14-5-6-15(11-3-4-11)13(16)12-8-9-1-2-10(12)7-9/h9-12H,1-8,14H2.